The van der Waals surface area contributed by atoms with Crippen molar-refractivity contribution in [3.63, 3.8) is 0 Å². The van der Waals surface area contributed by atoms with E-state index in [1.807, 2.05) is 40.8 Å². The normalized spacial score (nSPS) is 13.0. The summed E-state index contributed by atoms with van der Waals surface area (Å²) in [6.45, 7) is 3.56. The van der Waals surface area contributed by atoms with Crippen molar-refractivity contribution < 1.29 is 14.3 Å². The third-order valence-electron chi connectivity index (χ3n) is 6.14. The summed E-state index contributed by atoms with van der Waals surface area (Å²) in [4.78, 5) is 26.1. The van der Waals surface area contributed by atoms with Crippen LogP contribution in [-0.2, 0) is 11.3 Å². The molecule has 35 heavy (non-hydrogen) atoms. The van der Waals surface area contributed by atoms with Crippen LogP contribution in [0.1, 0.15) is 18.4 Å². The number of aliphatic carboxylic acids is 1. The number of hydrogen-bond acceptors (Lipinski definition) is 5. The van der Waals surface area contributed by atoms with Gasteiger partial charge in [0.1, 0.15) is 17.3 Å². The highest BCUT2D eigenvalue weighted by molar-refractivity contribution is 5.88. The first-order valence-electron chi connectivity index (χ1n) is 11.4. The van der Waals surface area contributed by atoms with Crippen molar-refractivity contribution in [2.45, 2.75) is 26.3 Å². The molecule has 3 heterocycles. The van der Waals surface area contributed by atoms with Gasteiger partial charge in [-0.05, 0) is 55.3 Å². The lowest BCUT2D eigenvalue weighted by atomic mass is 10.0. The fourth-order valence-corrected chi connectivity index (χ4v) is 4.46. The van der Waals surface area contributed by atoms with Gasteiger partial charge in [0.25, 0.3) is 5.56 Å². The minimum atomic E-state index is -0.881. The fraction of sp³-hybridized carbons (Fsp3) is 0.231. The van der Waals surface area contributed by atoms with E-state index in [1.54, 1.807) is 18.2 Å². The van der Waals surface area contributed by atoms with E-state index in [-0.39, 0.29) is 17.8 Å². The summed E-state index contributed by atoms with van der Waals surface area (Å²) in [6.07, 6.45) is 0.791. The van der Waals surface area contributed by atoms with Crippen LogP contribution in [0.15, 0.2) is 65.5 Å². The van der Waals surface area contributed by atoms with Crippen LogP contribution in [0.3, 0.4) is 0 Å². The largest absolute Gasteiger partial charge is 0.481 e. The third kappa shape index (κ3) is 4.32. The topological polar surface area (TPSA) is 93.2 Å². The molecule has 0 bridgehead atoms. The van der Waals surface area contributed by atoms with E-state index in [2.05, 4.69) is 0 Å². The molecule has 8 nitrogen and oxygen atoms in total. The minimum Gasteiger partial charge on any atom is -0.481 e. The zero-order valence-corrected chi connectivity index (χ0v) is 19.2. The fourth-order valence-electron chi connectivity index (χ4n) is 4.46. The van der Waals surface area contributed by atoms with Gasteiger partial charge in [-0.1, -0.05) is 18.2 Å². The summed E-state index contributed by atoms with van der Waals surface area (Å²) in [5.74, 6) is -0.485. The molecule has 1 aliphatic rings. The van der Waals surface area contributed by atoms with E-state index in [4.69, 9.17) is 10.2 Å². The Morgan fingerprint density at radius 2 is 1.80 bits per heavy atom. The Kier molecular flexibility index (Phi) is 5.90. The van der Waals surface area contributed by atoms with E-state index in [1.165, 1.54) is 22.9 Å². The molecule has 0 unspecified atom stereocenters. The number of fused-ring (bicyclic) bond motifs is 1. The van der Waals surface area contributed by atoms with Crippen LogP contribution in [-0.4, -0.2) is 43.7 Å². The Labute approximate surface area is 200 Å². The molecule has 4 aromatic rings. The Balaban J connectivity index is 1.73. The predicted octanol–water partition coefficient (Wildman–Crippen LogP) is 3.90. The molecule has 2 aromatic heterocycles. The molecule has 1 N–H and O–H groups in total. The second kappa shape index (κ2) is 9.17. The zero-order valence-electron chi connectivity index (χ0n) is 19.2. The minimum absolute atomic E-state index is 0.0212. The van der Waals surface area contributed by atoms with E-state index in [0.717, 1.165) is 17.8 Å². The number of rotatable bonds is 6. The highest BCUT2D eigenvalue weighted by Gasteiger charge is 2.29. The number of para-hydroxylation sites is 1. The highest BCUT2D eigenvalue weighted by atomic mass is 19.1. The average molecular weight is 474 g/mol. The molecular formula is C26H24FN5O3. The molecule has 0 saturated heterocycles. The van der Waals surface area contributed by atoms with Gasteiger partial charge in [-0.2, -0.15) is 14.9 Å². The van der Waals surface area contributed by atoms with Gasteiger partial charge in [0.15, 0.2) is 0 Å². The average Bonchev–Trinajstić information content (AvgIpc) is 3.24. The molecule has 0 aliphatic carbocycles. The van der Waals surface area contributed by atoms with Crippen LogP contribution >= 0.6 is 0 Å². The second-order valence-electron chi connectivity index (χ2n) is 8.52. The molecule has 0 atom stereocenters. The van der Waals surface area contributed by atoms with Crippen molar-refractivity contribution in [3.8, 4) is 28.2 Å². The molecule has 178 valence electrons. The summed E-state index contributed by atoms with van der Waals surface area (Å²) >= 11 is 0. The Morgan fingerprint density at radius 1 is 1.03 bits per heavy atom. The second-order valence-corrected chi connectivity index (χ2v) is 8.52. The van der Waals surface area contributed by atoms with E-state index in [0.29, 0.717) is 47.8 Å². The van der Waals surface area contributed by atoms with Crippen LogP contribution in [0.25, 0.3) is 28.2 Å². The smallest absolute Gasteiger partial charge is 0.305 e. The lowest BCUT2D eigenvalue weighted by molar-refractivity contribution is -0.136. The summed E-state index contributed by atoms with van der Waals surface area (Å²) < 4.78 is 16.9. The van der Waals surface area contributed by atoms with Crippen molar-refractivity contribution >= 4 is 11.8 Å². The number of carboxylic acid groups (broad SMARTS) is 1. The van der Waals surface area contributed by atoms with Crippen LogP contribution in [0.2, 0.25) is 0 Å². The summed E-state index contributed by atoms with van der Waals surface area (Å²) in [5.41, 5.74) is 3.82. The standard InChI is InChI=1S/C26H24FN5O3/c1-17-5-2-3-6-21(17)32-22(33)12-11-20(28-32)24-25(18-7-9-19(27)10-8-18)29-31-15-4-14-30(26(24)31)16-13-23(34)35/h2-3,5-12H,4,13-16H2,1H3,(H,34,35). The molecule has 0 fully saturated rings. The van der Waals surface area contributed by atoms with Crippen LogP contribution in [0.5, 0.6) is 0 Å². The number of aromatic nitrogens is 4. The number of aryl methyl sites for hydroxylation is 2. The van der Waals surface area contributed by atoms with Crippen molar-refractivity contribution in [2.75, 3.05) is 18.0 Å². The molecule has 2 aromatic carbocycles. The highest BCUT2D eigenvalue weighted by Crippen LogP contribution is 2.40. The van der Waals surface area contributed by atoms with Gasteiger partial charge >= 0.3 is 5.97 Å². The monoisotopic (exact) mass is 473 g/mol. The molecule has 0 radical (unpaired) electrons. The number of nitrogens with zero attached hydrogens (tertiary/aromatic N) is 5. The van der Waals surface area contributed by atoms with Gasteiger partial charge in [-0.25, -0.2) is 9.07 Å². The van der Waals surface area contributed by atoms with Gasteiger partial charge in [-0.3, -0.25) is 9.59 Å². The Hall–Kier alpha value is -4.27. The summed E-state index contributed by atoms with van der Waals surface area (Å²) in [5, 5.41) is 18.8. The molecule has 0 spiro atoms. The van der Waals surface area contributed by atoms with Gasteiger partial charge in [0.05, 0.1) is 23.4 Å². The Morgan fingerprint density at radius 3 is 2.54 bits per heavy atom. The maximum atomic E-state index is 13.7. The molecule has 5 rings (SSSR count). The van der Waals surface area contributed by atoms with Crippen LogP contribution in [0.4, 0.5) is 10.2 Å². The van der Waals surface area contributed by atoms with Crippen molar-refractivity contribution in [2.24, 2.45) is 0 Å². The van der Waals surface area contributed by atoms with Gasteiger partial charge in [0, 0.05) is 31.3 Å². The molecule has 0 amide bonds. The molecular weight excluding hydrogens is 449 g/mol. The number of anilines is 1. The maximum absolute atomic E-state index is 13.7. The maximum Gasteiger partial charge on any atom is 0.305 e. The zero-order chi connectivity index (χ0) is 24.5. The first-order chi connectivity index (χ1) is 16.9. The molecule has 1 aliphatic heterocycles. The lowest BCUT2D eigenvalue weighted by Crippen LogP contribution is -2.34. The third-order valence-corrected chi connectivity index (χ3v) is 6.14. The van der Waals surface area contributed by atoms with Gasteiger partial charge < -0.3 is 10.0 Å². The number of carboxylic acids is 1. The molecule has 9 heteroatoms. The van der Waals surface area contributed by atoms with Crippen molar-refractivity contribution in [1.82, 2.24) is 19.6 Å². The first-order valence-corrected chi connectivity index (χ1v) is 11.4. The number of benzene rings is 2. The lowest BCUT2D eigenvalue weighted by Gasteiger charge is -2.30. The van der Waals surface area contributed by atoms with Crippen molar-refractivity contribution in [1.29, 1.82) is 0 Å². The number of halogens is 1. The number of hydrogen-bond donors (Lipinski definition) is 1. The summed E-state index contributed by atoms with van der Waals surface area (Å²) in [7, 11) is 0. The van der Waals surface area contributed by atoms with Crippen LogP contribution in [0, 0.1) is 12.7 Å². The van der Waals surface area contributed by atoms with E-state index < -0.39 is 5.97 Å². The molecule has 0 saturated carbocycles. The van der Waals surface area contributed by atoms with Crippen molar-refractivity contribution in [3.05, 3.63) is 82.4 Å². The predicted molar refractivity (Wildman–Crippen MR) is 130 cm³/mol. The SMILES string of the molecule is Cc1ccccc1-n1nc(-c2c(-c3ccc(F)cc3)nn3c2N(CCC(=O)O)CCC3)ccc1=O. The van der Waals surface area contributed by atoms with Gasteiger partial charge in [-0.15, -0.1) is 0 Å². The van der Waals surface area contributed by atoms with E-state index in [9.17, 15) is 19.1 Å². The van der Waals surface area contributed by atoms with Crippen LogP contribution < -0.4 is 10.5 Å². The Bertz CT molecular complexity index is 1460. The van der Waals surface area contributed by atoms with E-state index >= 15 is 0 Å². The number of carbonyl (C=O) groups is 1. The quantitative estimate of drug-likeness (QED) is 0.457. The summed E-state index contributed by atoms with van der Waals surface area (Å²) in [6, 6.07) is 16.7. The first kappa shape index (κ1) is 22.5. The van der Waals surface area contributed by atoms with Gasteiger partial charge in [0.2, 0.25) is 0 Å².